The van der Waals surface area contributed by atoms with E-state index in [1.54, 1.807) is 20.8 Å². The third-order valence-electron chi connectivity index (χ3n) is 2.50. The number of aliphatic hydroxyl groups excluding tert-OH is 2. The topological polar surface area (TPSA) is 78.8 Å². The summed E-state index contributed by atoms with van der Waals surface area (Å²) in [5, 5.41) is 22.2. The predicted molar refractivity (Wildman–Crippen MR) is 76.6 cm³/mol. The molecule has 5 nitrogen and oxygen atoms in total. The van der Waals surface area contributed by atoms with Crippen LogP contribution in [-0.4, -0.2) is 34.6 Å². The Balaban J connectivity index is 2.61. The summed E-state index contributed by atoms with van der Waals surface area (Å²) in [4.78, 5) is 11.4. The molecular weight excluding hydrogens is 301 g/mol. The van der Waals surface area contributed by atoms with Crippen molar-refractivity contribution < 1.29 is 24.1 Å². The van der Waals surface area contributed by atoms with Gasteiger partial charge in [-0.15, -0.1) is 0 Å². The van der Waals surface area contributed by atoms with Crippen LogP contribution in [0.25, 0.3) is 0 Å². The summed E-state index contributed by atoms with van der Waals surface area (Å²) >= 11 is 5.84. The lowest BCUT2D eigenvalue weighted by Gasteiger charge is -2.22. The molecule has 0 heterocycles. The first-order valence-corrected chi connectivity index (χ1v) is 6.76. The first-order valence-electron chi connectivity index (χ1n) is 6.38. The fraction of sp³-hybridized carbons (Fsp3) is 0.500. The number of ether oxygens (including phenoxy) is 1. The molecule has 1 amide bonds. The average Bonchev–Trinajstić information content (AvgIpc) is 2.36. The number of carbonyl (C=O) groups excluding carboxylic acids is 1. The van der Waals surface area contributed by atoms with Crippen LogP contribution in [0.1, 0.15) is 32.4 Å². The maximum absolute atomic E-state index is 13.1. The van der Waals surface area contributed by atoms with Gasteiger partial charge in [0, 0.05) is 17.1 Å². The third-order valence-corrected chi connectivity index (χ3v) is 2.84. The number of rotatable bonds is 4. The molecule has 0 bridgehead atoms. The highest BCUT2D eigenvalue weighted by molar-refractivity contribution is 6.31. The Morgan fingerprint density at radius 1 is 1.43 bits per heavy atom. The van der Waals surface area contributed by atoms with Crippen molar-refractivity contribution in [1.82, 2.24) is 5.32 Å². The standard InChI is InChI=1S/C14H19ClFNO4/c1-14(2,3)21-13(20)17-7-11(18)12(19)9-6-8(16)4-5-10(9)15/h4-6,11-12,18-19H,7H2,1-3H3,(H,17,20). The number of amides is 1. The molecule has 0 saturated heterocycles. The first kappa shape index (κ1) is 17.7. The maximum Gasteiger partial charge on any atom is 0.407 e. The van der Waals surface area contributed by atoms with Crippen molar-refractivity contribution in [3.8, 4) is 0 Å². The van der Waals surface area contributed by atoms with E-state index in [1.807, 2.05) is 0 Å². The fourth-order valence-corrected chi connectivity index (χ4v) is 1.79. The SMILES string of the molecule is CC(C)(C)OC(=O)NCC(O)C(O)c1cc(F)ccc1Cl. The lowest BCUT2D eigenvalue weighted by molar-refractivity contribution is 0.0128. The highest BCUT2D eigenvalue weighted by atomic mass is 35.5. The molecule has 7 heteroatoms. The van der Waals surface area contributed by atoms with Crippen LogP contribution >= 0.6 is 11.6 Å². The van der Waals surface area contributed by atoms with E-state index in [0.717, 1.165) is 12.1 Å². The first-order chi connectivity index (χ1) is 9.60. The molecule has 0 saturated carbocycles. The van der Waals surface area contributed by atoms with Crippen molar-refractivity contribution in [1.29, 1.82) is 0 Å². The Morgan fingerprint density at radius 2 is 2.05 bits per heavy atom. The Labute approximate surface area is 127 Å². The minimum absolute atomic E-state index is 0.0511. The predicted octanol–water partition coefficient (Wildman–Crippen LogP) is 2.40. The molecule has 2 unspecified atom stereocenters. The summed E-state index contributed by atoms with van der Waals surface area (Å²) in [5.74, 6) is -0.583. The van der Waals surface area contributed by atoms with E-state index in [1.165, 1.54) is 6.07 Å². The largest absolute Gasteiger partial charge is 0.444 e. The zero-order valence-corrected chi connectivity index (χ0v) is 12.8. The molecule has 3 N–H and O–H groups in total. The summed E-state index contributed by atoms with van der Waals surface area (Å²) < 4.78 is 18.1. The number of hydrogen-bond donors (Lipinski definition) is 3. The fourth-order valence-electron chi connectivity index (χ4n) is 1.56. The van der Waals surface area contributed by atoms with E-state index in [9.17, 15) is 19.4 Å². The zero-order valence-electron chi connectivity index (χ0n) is 12.1. The molecule has 0 spiro atoms. The van der Waals surface area contributed by atoms with Gasteiger partial charge < -0.3 is 20.3 Å². The number of alkyl carbamates (subject to hydrolysis) is 1. The lowest BCUT2D eigenvalue weighted by atomic mass is 10.0. The normalized spacial score (nSPS) is 14.4. The quantitative estimate of drug-likeness (QED) is 0.796. The Morgan fingerprint density at radius 3 is 2.62 bits per heavy atom. The molecule has 0 aliphatic carbocycles. The van der Waals surface area contributed by atoms with Gasteiger partial charge in [-0.25, -0.2) is 9.18 Å². The Hall–Kier alpha value is -1.37. The van der Waals surface area contributed by atoms with Gasteiger partial charge in [-0.05, 0) is 39.0 Å². The summed E-state index contributed by atoms with van der Waals surface area (Å²) in [6.07, 6.45) is -3.50. The highest BCUT2D eigenvalue weighted by Crippen LogP contribution is 2.26. The van der Waals surface area contributed by atoms with Gasteiger partial charge in [0.1, 0.15) is 23.6 Å². The number of carbonyl (C=O) groups is 1. The Bertz CT molecular complexity index is 504. The number of aliphatic hydroxyl groups is 2. The van der Waals surface area contributed by atoms with Crippen LogP contribution in [0, 0.1) is 5.82 Å². The van der Waals surface area contributed by atoms with E-state index in [4.69, 9.17) is 16.3 Å². The summed E-state index contributed by atoms with van der Waals surface area (Å²) in [6.45, 7) is 4.84. The summed E-state index contributed by atoms with van der Waals surface area (Å²) in [5.41, 5.74) is -0.616. The van der Waals surface area contributed by atoms with Gasteiger partial charge in [-0.1, -0.05) is 11.6 Å². The van der Waals surface area contributed by atoms with Crippen LogP contribution in [0.3, 0.4) is 0 Å². The maximum atomic E-state index is 13.1. The molecule has 2 atom stereocenters. The van der Waals surface area contributed by atoms with E-state index in [0.29, 0.717) is 0 Å². The second-order valence-corrected chi connectivity index (χ2v) is 5.97. The second kappa shape index (κ2) is 7.06. The average molecular weight is 320 g/mol. The minimum Gasteiger partial charge on any atom is -0.444 e. The van der Waals surface area contributed by atoms with Crippen molar-refractivity contribution in [2.24, 2.45) is 0 Å². The van der Waals surface area contributed by atoms with Crippen LogP contribution in [-0.2, 0) is 4.74 Å². The van der Waals surface area contributed by atoms with Gasteiger partial charge in [0.05, 0.1) is 0 Å². The monoisotopic (exact) mass is 319 g/mol. The second-order valence-electron chi connectivity index (χ2n) is 5.56. The van der Waals surface area contributed by atoms with Crippen LogP contribution < -0.4 is 5.32 Å². The molecule has 1 aromatic rings. The number of nitrogens with one attached hydrogen (secondary N) is 1. The summed E-state index contributed by atoms with van der Waals surface area (Å²) in [7, 11) is 0. The van der Waals surface area contributed by atoms with Gasteiger partial charge in [0.15, 0.2) is 0 Å². The number of halogens is 2. The van der Waals surface area contributed by atoms with Crippen LogP contribution in [0.15, 0.2) is 18.2 Å². The molecule has 1 aromatic carbocycles. The van der Waals surface area contributed by atoms with Crippen molar-refractivity contribution >= 4 is 17.7 Å². The van der Waals surface area contributed by atoms with Crippen molar-refractivity contribution in [3.05, 3.63) is 34.6 Å². The summed E-state index contributed by atoms with van der Waals surface area (Å²) in [6, 6.07) is 3.46. The van der Waals surface area contributed by atoms with E-state index in [-0.39, 0.29) is 17.1 Å². The van der Waals surface area contributed by atoms with Crippen molar-refractivity contribution in [3.63, 3.8) is 0 Å². The molecule has 21 heavy (non-hydrogen) atoms. The van der Waals surface area contributed by atoms with Crippen LogP contribution in [0.5, 0.6) is 0 Å². The smallest absolute Gasteiger partial charge is 0.407 e. The van der Waals surface area contributed by atoms with E-state index >= 15 is 0 Å². The van der Waals surface area contributed by atoms with E-state index in [2.05, 4.69) is 5.32 Å². The molecule has 1 rings (SSSR count). The molecule has 0 fully saturated rings. The van der Waals surface area contributed by atoms with Crippen molar-refractivity contribution in [2.45, 2.75) is 38.6 Å². The number of hydrogen-bond acceptors (Lipinski definition) is 4. The molecule has 0 aliphatic heterocycles. The van der Waals surface area contributed by atoms with Gasteiger partial charge in [0.25, 0.3) is 0 Å². The zero-order chi connectivity index (χ0) is 16.2. The number of benzene rings is 1. The van der Waals surface area contributed by atoms with E-state index < -0.39 is 29.7 Å². The molecule has 0 aliphatic rings. The molecule has 118 valence electrons. The minimum atomic E-state index is -1.43. The molecule has 0 aromatic heterocycles. The third kappa shape index (κ3) is 5.87. The van der Waals surface area contributed by atoms with Gasteiger partial charge in [-0.2, -0.15) is 0 Å². The molecular formula is C14H19ClFNO4. The van der Waals surface area contributed by atoms with Crippen LogP contribution in [0.4, 0.5) is 9.18 Å². The highest BCUT2D eigenvalue weighted by Gasteiger charge is 2.23. The van der Waals surface area contributed by atoms with Gasteiger partial charge in [-0.3, -0.25) is 0 Å². The Kier molecular flexibility index (Phi) is 5.95. The lowest BCUT2D eigenvalue weighted by Crippen LogP contribution is -2.38. The van der Waals surface area contributed by atoms with Gasteiger partial charge >= 0.3 is 6.09 Å². The van der Waals surface area contributed by atoms with Crippen LogP contribution in [0.2, 0.25) is 5.02 Å². The molecule has 0 radical (unpaired) electrons. The van der Waals surface area contributed by atoms with Crippen molar-refractivity contribution in [2.75, 3.05) is 6.54 Å². The van der Waals surface area contributed by atoms with Gasteiger partial charge in [0.2, 0.25) is 0 Å².